The number of aryl methyl sites for hydroxylation is 1. The molecule has 0 bridgehead atoms. The van der Waals surface area contributed by atoms with Crippen LogP contribution in [-0.4, -0.2) is 53.3 Å². The van der Waals surface area contributed by atoms with Crippen LogP contribution >= 0.6 is 0 Å². The largest absolute Gasteiger partial charge is 0.411 e. The first-order chi connectivity index (χ1) is 16.2. The lowest BCUT2D eigenvalue weighted by Gasteiger charge is -2.29. The van der Waals surface area contributed by atoms with E-state index in [4.69, 9.17) is 0 Å². The molecule has 2 aromatic rings. The highest BCUT2D eigenvalue weighted by Crippen LogP contribution is 2.53. The van der Waals surface area contributed by atoms with Gasteiger partial charge < -0.3 is 10.2 Å². The molecule has 1 heterocycles. The molecule has 2 aliphatic rings. The van der Waals surface area contributed by atoms with E-state index in [1.807, 2.05) is 31.2 Å². The Morgan fingerprint density at radius 3 is 2.00 bits per heavy atom. The molecule has 10 heteroatoms. The van der Waals surface area contributed by atoms with Crippen LogP contribution in [0.5, 0.6) is 0 Å². The van der Waals surface area contributed by atoms with Crippen LogP contribution in [0.4, 0.5) is 26.3 Å². The maximum absolute atomic E-state index is 13.1. The second kappa shape index (κ2) is 9.53. The van der Waals surface area contributed by atoms with E-state index < -0.39 is 29.3 Å². The lowest BCUT2D eigenvalue weighted by Crippen LogP contribution is -2.49. The van der Waals surface area contributed by atoms with Gasteiger partial charge in [-0.15, -0.1) is 0 Å². The Hall–Kier alpha value is -3.06. The molecular weight excluding hydrogens is 472 g/mol. The van der Waals surface area contributed by atoms with Crippen LogP contribution < -0.4 is 5.32 Å². The molecule has 0 unspecified atom stereocenters. The van der Waals surface area contributed by atoms with Crippen molar-refractivity contribution in [3.05, 3.63) is 65.0 Å². The average Bonchev–Trinajstić information content (AvgIpc) is 3.69. The summed E-state index contributed by atoms with van der Waals surface area (Å²) in [6.45, 7) is 1.97. The maximum Gasteiger partial charge on any atom is 0.411 e. The van der Waals surface area contributed by atoms with Crippen molar-refractivity contribution in [2.24, 2.45) is 0 Å². The molecular formula is C25H25F6N3O. The van der Waals surface area contributed by atoms with Crippen molar-refractivity contribution in [2.45, 2.75) is 56.0 Å². The van der Waals surface area contributed by atoms with E-state index in [0.717, 1.165) is 16.0 Å². The van der Waals surface area contributed by atoms with E-state index in [0.29, 0.717) is 5.56 Å². The summed E-state index contributed by atoms with van der Waals surface area (Å²) >= 11 is 0. The van der Waals surface area contributed by atoms with Gasteiger partial charge in [-0.3, -0.25) is 4.79 Å². The Balaban J connectivity index is 0.000000320. The van der Waals surface area contributed by atoms with Crippen molar-refractivity contribution >= 4 is 5.91 Å². The molecule has 4 rings (SSSR count). The van der Waals surface area contributed by atoms with Crippen molar-refractivity contribution in [3.8, 4) is 11.8 Å². The highest BCUT2D eigenvalue weighted by Gasteiger charge is 2.67. The first kappa shape index (κ1) is 26.5. The molecule has 2 fully saturated rings. The van der Waals surface area contributed by atoms with Gasteiger partial charge in [-0.1, -0.05) is 24.0 Å². The van der Waals surface area contributed by atoms with Crippen LogP contribution in [0.3, 0.4) is 0 Å². The second-order valence-corrected chi connectivity index (χ2v) is 8.77. The molecule has 0 radical (unpaired) electrons. The molecule has 0 spiro atoms. The number of benzene rings is 1. The van der Waals surface area contributed by atoms with Crippen molar-refractivity contribution in [3.63, 3.8) is 0 Å². The maximum atomic E-state index is 13.1. The Morgan fingerprint density at radius 1 is 0.971 bits per heavy atom. The zero-order valence-electron chi connectivity index (χ0n) is 19.4. The van der Waals surface area contributed by atoms with Gasteiger partial charge in [0.05, 0.1) is 0 Å². The molecule has 0 saturated heterocycles. The van der Waals surface area contributed by atoms with Gasteiger partial charge in [0, 0.05) is 24.4 Å². The van der Waals surface area contributed by atoms with Gasteiger partial charge in [0.1, 0.15) is 16.8 Å². The van der Waals surface area contributed by atoms with Crippen LogP contribution in [0.25, 0.3) is 0 Å². The van der Waals surface area contributed by atoms with Gasteiger partial charge in [-0.25, -0.2) is 4.98 Å². The van der Waals surface area contributed by atoms with Crippen molar-refractivity contribution < 1.29 is 31.1 Å². The van der Waals surface area contributed by atoms with Gasteiger partial charge in [-0.2, -0.15) is 26.3 Å². The first-order valence-electron chi connectivity index (χ1n) is 10.9. The normalized spacial score (nSPS) is 17.3. The SMILES string of the molecule is CNC1(C(F)(F)F)CC1.Cc1cccc(C#Cc2ccc(C(=O)N(C)C3(C(F)(F)F)CC3)nc2)c1. The standard InChI is InChI=1S/C20H17F3N2O.C5H8F3N/c1-14-4-3-5-15(12-14)6-7-16-8-9-17(24-13-16)18(26)25(2)19(10-11-19)20(21,22)23;1-9-4(2-3-4)5(6,7)8/h3-5,8-9,12-13H,10-11H2,1-2H3;9H,2-3H2,1H3. The quantitative estimate of drug-likeness (QED) is 0.465. The minimum atomic E-state index is -4.43. The Labute approximate surface area is 199 Å². The lowest BCUT2D eigenvalue weighted by molar-refractivity contribution is -0.185. The number of amides is 1. The van der Waals surface area contributed by atoms with E-state index >= 15 is 0 Å². The van der Waals surface area contributed by atoms with Gasteiger partial charge in [0.2, 0.25) is 0 Å². The number of nitrogens with zero attached hydrogens (tertiary/aromatic N) is 2. The Kier molecular flexibility index (Phi) is 7.23. The predicted molar refractivity (Wildman–Crippen MR) is 119 cm³/mol. The van der Waals surface area contributed by atoms with Crippen LogP contribution in [0.1, 0.15) is 52.9 Å². The van der Waals surface area contributed by atoms with Crippen LogP contribution in [0.2, 0.25) is 0 Å². The van der Waals surface area contributed by atoms with E-state index in [1.165, 1.54) is 26.4 Å². The van der Waals surface area contributed by atoms with E-state index in [9.17, 15) is 31.1 Å². The number of hydrogen-bond acceptors (Lipinski definition) is 3. The zero-order valence-corrected chi connectivity index (χ0v) is 19.4. The monoisotopic (exact) mass is 497 g/mol. The predicted octanol–water partition coefficient (Wildman–Crippen LogP) is 5.26. The van der Waals surface area contributed by atoms with Gasteiger partial charge in [0.25, 0.3) is 5.91 Å². The minimum Gasteiger partial charge on any atom is -0.326 e. The smallest absolute Gasteiger partial charge is 0.326 e. The van der Waals surface area contributed by atoms with Gasteiger partial charge >= 0.3 is 12.4 Å². The van der Waals surface area contributed by atoms with Gasteiger partial charge in [-0.05, 0) is 69.5 Å². The number of aromatic nitrogens is 1. The molecule has 1 N–H and O–H groups in total. The fourth-order valence-electron chi connectivity index (χ4n) is 3.56. The highest BCUT2D eigenvalue weighted by molar-refractivity contribution is 5.93. The number of hydrogen-bond donors (Lipinski definition) is 1. The highest BCUT2D eigenvalue weighted by atomic mass is 19.4. The topological polar surface area (TPSA) is 45.2 Å². The van der Waals surface area contributed by atoms with Crippen LogP contribution in [0, 0.1) is 18.8 Å². The van der Waals surface area contributed by atoms with E-state index in [2.05, 4.69) is 22.1 Å². The number of halogens is 6. The Bertz CT molecular complexity index is 1120. The molecule has 0 atom stereocenters. The molecule has 1 aromatic heterocycles. The molecule has 2 saturated carbocycles. The molecule has 35 heavy (non-hydrogen) atoms. The number of carbonyl (C=O) groups is 1. The number of alkyl halides is 6. The average molecular weight is 497 g/mol. The minimum absolute atomic E-state index is 0.0240. The number of rotatable bonds is 3. The van der Waals surface area contributed by atoms with Crippen molar-refractivity contribution in [1.82, 2.24) is 15.2 Å². The summed E-state index contributed by atoms with van der Waals surface area (Å²) in [5, 5.41) is 2.27. The summed E-state index contributed by atoms with van der Waals surface area (Å²) < 4.78 is 74.9. The van der Waals surface area contributed by atoms with E-state index in [-0.39, 0.29) is 31.4 Å². The van der Waals surface area contributed by atoms with Crippen LogP contribution in [-0.2, 0) is 0 Å². The summed E-state index contributed by atoms with van der Waals surface area (Å²) in [5.74, 6) is 5.19. The Morgan fingerprint density at radius 2 is 1.60 bits per heavy atom. The third kappa shape index (κ3) is 5.78. The number of pyridine rings is 1. The second-order valence-electron chi connectivity index (χ2n) is 8.77. The van der Waals surface area contributed by atoms with Crippen LogP contribution in [0.15, 0.2) is 42.6 Å². The summed E-state index contributed by atoms with van der Waals surface area (Å²) in [6, 6.07) is 10.7. The third-order valence-electron chi connectivity index (χ3n) is 6.32. The molecule has 188 valence electrons. The first-order valence-corrected chi connectivity index (χ1v) is 10.9. The molecule has 1 aromatic carbocycles. The van der Waals surface area contributed by atoms with Crippen molar-refractivity contribution in [2.75, 3.05) is 14.1 Å². The third-order valence-corrected chi connectivity index (χ3v) is 6.32. The summed E-state index contributed by atoms with van der Waals surface area (Å²) in [4.78, 5) is 17.1. The van der Waals surface area contributed by atoms with Crippen molar-refractivity contribution in [1.29, 1.82) is 0 Å². The lowest BCUT2D eigenvalue weighted by atomic mass is 10.1. The summed E-state index contributed by atoms with van der Waals surface area (Å²) in [6.07, 6.45) is -6.77. The fourth-order valence-corrected chi connectivity index (χ4v) is 3.56. The summed E-state index contributed by atoms with van der Waals surface area (Å²) in [5.41, 5.74) is -1.06. The zero-order chi connectivity index (χ0) is 26.1. The molecule has 1 amide bonds. The fraction of sp³-hybridized carbons (Fsp3) is 0.440. The number of nitrogens with one attached hydrogen (secondary N) is 1. The summed E-state index contributed by atoms with van der Waals surface area (Å²) in [7, 11) is 2.52. The molecule has 0 aliphatic heterocycles. The molecule has 2 aliphatic carbocycles. The van der Waals surface area contributed by atoms with E-state index in [1.54, 1.807) is 6.07 Å². The van der Waals surface area contributed by atoms with Gasteiger partial charge in [0.15, 0.2) is 0 Å². The number of carbonyl (C=O) groups excluding carboxylic acids is 1. The molecule has 4 nitrogen and oxygen atoms in total.